The molecule has 3 rings (SSSR count). The van der Waals surface area contributed by atoms with Crippen LogP contribution in [-0.4, -0.2) is 10.7 Å². The molecule has 0 fully saturated rings. The first-order valence-corrected chi connectivity index (χ1v) is 7.82. The molecule has 2 aromatic carbocycles. The van der Waals surface area contributed by atoms with Crippen LogP contribution in [0.15, 0.2) is 60.0 Å². The highest BCUT2D eigenvalue weighted by Crippen LogP contribution is 2.30. The number of anilines is 2. The number of ketones is 1. The number of nitro benzene ring substituents is 1. The van der Waals surface area contributed by atoms with Crippen molar-refractivity contribution in [2.75, 3.05) is 5.32 Å². The van der Waals surface area contributed by atoms with E-state index >= 15 is 0 Å². The molecule has 0 amide bonds. The van der Waals surface area contributed by atoms with Crippen molar-refractivity contribution in [3.63, 3.8) is 0 Å². The minimum Gasteiger partial charge on any atom is -0.354 e. The van der Waals surface area contributed by atoms with Crippen LogP contribution in [0, 0.1) is 15.9 Å². The Hall–Kier alpha value is -3.06. The van der Waals surface area contributed by atoms with Crippen LogP contribution in [-0.2, 0) is 0 Å². The van der Waals surface area contributed by atoms with Gasteiger partial charge in [-0.05, 0) is 17.5 Å². The smallest absolute Gasteiger partial charge is 0.274 e. The van der Waals surface area contributed by atoms with Crippen molar-refractivity contribution in [3.05, 3.63) is 86.3 Å². The second-order valence-electron chi connectivity index (χ2n) is 4.94. The zero-order chi connectivity index (χ0) is 17.1. The highest BCUT2D eigenvalue weighted by molar-refractivity contribution is 7.13. The third kappa shape index (κ3) is 3.31. The lowest BCUT2D eigenvalue weighted by molar-refractivity contribution is -0.385. The van der Waals surface area contributed by atoms with Gasteiger partial charge in [-0.3, -0.25) is 14.9 Å². The molecular formula is C17H11FN2O3S. The van der Waals surface area contributed by atoms with Gasteiger partial charge in [0.1, 0.15) is 5.82 Å². The Bertz CT molecular complexity index is 909. The fraction of sp³-hybridized carbons (Fsp3) is 0. The Morgan fingerprint density at radius 2 is 1.88 bits per heavy atom. The van der Waals surface area contributed by atoms with Crippen LogP contribution in [0.25, 0.3) is 0 Å². The van der Waals surface area contributed by atoms with E-state index in [0.29, 0.717) is 16.1 Å². The normalized spacial score (nSPS) is 10.4. The number of nitrogens with zero attached hydrogens (tertiary/aromatic N) is 1. The standard InChI is InChI=1S/C17H11FN2O3S/c18-12-8-13(10-14(9-12)20(22)23)19-15-6-7-24-17(15)16(21)11-4-2-1-3-5-11/h1-10,19H. The number of halogens is 1. The summed E-state index contributed by atoms with van der Waals surface area (Å²) < 4.78 is 13.5. The maximum Gasteiger partial charge on any atom is 0.274 e. The summed E-state index contributed by atoms with van der Waals surface area (Å²) in [7, 11) is 0. The second kappa shape index (κ2) is 6.59. The fourth-order valence-electron chi connectivity index (χ4n) is 2.21. The largest absolute Gasteiger partial charge is 0.354 e. The van der Waals surface area contributed by atoms with Crippen LogP contribution in [0.2, 0.25) is 0 Å². The third-order valence-electron chi connectivity index (χ3n) is 3.28. The second-order valence-corrected chi connectivity index (χ2v) is 5.85. The molecule has 0 aliphatic carbocycles. The Labute approximate surface area is 140 Å². The van der Waals surface area contributed by atoms with Crippen LogP contribution < -0.4 is 5.32 Å². The summed E-state index contributed by atoms with van der Waals surface area (Å²) in [6.07, 6.45) is 0. The SMILES string of the molecule is O=C(c1ccccc1)c1sccc1Nc1cc(F)cc([N+](=O)[O-])c1. The van der Waals surface area contributed by atoms with E-state index < -0.39 is 10.7 Å². The summed E-state index contributed by atoms with van der Waals surface area (Å²) in [6, 6.07) is 13.6. The first-order chi connectivity index (χ1) is 11.5. The number of thiophene rings is 1. The molecule has 7 heteroatoms. The molecule has 1 N–H and O–H groups in total. The quantitative estimate of drug-likeness (QED) is 0.412. The summed E-state index contributed by atoms with van der Waals surface area (Å²) in [6.45, 7) is 0. The van der Waals surface area contributed by atoms with Crippen molar-refractivity contribution in [1.82, 2.24) is 0 Å². The van der Waals surface area contributed by atoms with Gasteiger partial charge >= 0.3 is 0 Å². The number of carbonyl (C=O) groups excluding carboxylic acids is 1. The van der Waals surface area contributed by atoms with Gasteiger partial charge in [0, 0.05) is 17.3 Å². The van der Waals surface area contributed by atoms with Crippen LogP contribution in [0.1, 0.15) is 15.2 Å². The maximum absolute atomic E-state index is 13.5. The maximum atomic E-state index is 13.5. The molecule has 0 aliphatic rings. The topological polar surface area (TPSA) is 72.2 Å². The number of hydrogen-bond acceptors (Lipinski definition) is 5. The number of benzene rings is 2. The molecule has 0 saturated carbocycles. The van der Waals surface area contributed by atoms with E-state index in [1.165, 1.54) is 17.4 Å². The van der Waals surface area contributed by atoms with Gasteiger partial charge in [0.15, 0.2) is 0 Å². The summed E-state index contributed by atoms with van der Waals surface area (Å²) in [5.74, 6) is -0.892. The van der Waals surface area contributed by atoms with Crippen LogP contribution >= 0.6 is 11.3 Å². The molecule has 1 aromatic heterocycles. The summed E-state index contributed by atoms with van der Waals surface area (Å²) in [4.78, 5) is 23.2. The number of rotatable bonds is 5. The molecule has 24 heavy (non-hydrogen) atoms. The van der Waals surface area contributed by atoms with Gasteiger partial charge in [-0.2, -0.15) is 0 Å². The highest BCUT2D eigenvalue weighted by Gasteiger charge is 2.16. The lowest BCUT2D eigenvalue weighted by Gasteiger charge is -2.07. The zero-order valence-electron chi connectivity index (χ0n) is 12.2. The number of non-ortho nitro benzene ring substituents is 1. The number of hydrogen-bond donors (Lipinski definition) is 1. The first kappa shape index (κ1) is 15.8. The highest BCUT2D eigenvalue weighted by atomic mass is 32.1. The van der Waals surface area contributed by atoms with Gasteiger partial charge in [0.25, 0.3) is 5.69 Å². The molecule has 120 valence electrons. The average Bonchev–Trinajstić information content (AvgIpc) is 3.02. The Morgan fingerprint density at radius 1 is 1.12 bits per heavy atom. The van der Waals surface area contributed by atoms with Crippen molar-refractivity contribution in [3.8, 4) is 0 Å². The minimum absolute atomic E-state index is 0.168. The van der Waals surface area contributed by atoms with Crippen molar-refractivity contribution < 1.29 is 14.1 Å². The van der Waals surface area contributed by atoms with Gasteiger partial charge in [-0.25, -0.2) is 4.39 Å². The van der Waals surface area contributed by atoms with E-state index in [1.807, 2.05) is 6.07 Å². The summed E-state index contributed by atoms with van der Waals surface area (Å²) in [5.41, 5.74) is 0.868. The molecule has 0 atom stereocenters. The van der Waals surface area contributed by atoms with Gasteiger partial charge in [0.2, 0.25) is 5.78 Å². The molecule has 0 unspecified atom stereocenters. The summed E-state index contributed by atoms with van der Waals surface area (Å²) >= 11 is 1.25. The fourth-order valence-corrected chi connectivity index (χ4v) is 3.02. The van der Waals surface area contributed by atoms with E-state index in [9.17, 15) is 19.3 Å². The van der Waals surface area contributed by atoms with Crippen molar-refractivity contribution in [2.24, 2.45) is 0 Å². The molecule has 5 nitrogen and oxygen atoms in total. The molecular weight excluding hydrogens is 331 g/mol. The van der Waals surface area contributed by atoms with Crippen LogP contribution in [0.5, 0.6) is 0 Å². The number of nitrogens with one attached hydrogen (secondary N) is 1. The van der Waals surface area contributed by atoms with Gasteiger partial charge in [-0.1, -0.05) is 30.3 Å². The molecule has 0 radical (unpaired) electrons. The molecule has 0 saturated heterocycles. The predicted octanol–water partition coefficient (Wildman–Crippen LogP) is 4.77. The Morgan fingerprint density at radius 3 is 2.58 bits per heavy atom. The predicted molar refractivity (Wildman–Crippen MR) is 90.5 cm³/mol. The van der Waals surface area contributed by atoms with E-state index in [4.69, 9.17) is 0 Å². The number of carbonyl (C=O) groups is 1. The van der Waals surface area contributed by atoms with Gasteiger partial charge < -0.3 is 5.32 Å². The Balaban J connectivity index is 1.92. The van der Waals surface area contributed by atoms with Gasteiger partial charge in [-0.15, -0.1) is 11.3 Å². The third-order valence-corrected chi connectivity index (χ3v) is 4.19. The van der Waals surface area contributed by atoms with E-state index in [2.05, 4.69) is 5.32 Å². The van der Waals surface area contributed by atoms with Crippen LogP contribution in [0.3, 0.4) is 0 Å². The molecule has 1 heterocycles. The van der Waals surface area contributed by atoms with Crippen LogP contribution in [0.4, 0.5) is 21.5 Å². The lowest BCUT2D eigenvalue weighted by Crippen LogP contribution is -2.02. The van der Waals surface area contributed by atoms with Crippen molar-refractivity contribution in [1.29, 1.82) is 0 Å². The van der Waals surface area contributed by atoms with E-state index in [0.717, 1.165) is 12.1 Å². The molecule has 0 aliphatic heterocycles. The molecule has 3 aromatic rings. The Kier molecular flexibility index (Phi) is 4.35. The van der Waals surface area contributed by atoms with E-state index in [-0.39, 0.29) is 17.2 Å². The van der Waals surface area contributed by atoms with E-state index in [1.54, 1.807) is 35.7 Å². The van der Waals surface area contributed by atoms with Crippen molar-refractivity contribution >= 4 is 34.2 Å². The average molecular weight is 342 g/mol. The molecule has 0 bridgehead atoms. The number of nitro groups is 1. The van der Waals surface area contributed by atoms with Gasteiger partial charge in [0.05, 0.1) is 21.6 Å². The summed E-state index contributed by atoms with van der Waals surface area (Å²) in [5, 5.41) is 15.4. The van der Waals surface area contributed by atoms with Crippen molar-refractivity contribution in [2.45, 2.75) is 0 Å². The minimum atomic E-state index is -0.724. The lowest BCUT2D eigenvalue weighted by atomic mass is 10.1. The zero-order valence-corrected chi connectivity index (χ0v) is 13.0. The molecule has 0 spiro atoms. The first-order valence-electron chi connectivity index (χ1n) is 6.94. The monoisotopic (exact) mass is 342 g/mol.